The molecular weight excluding hydrogens is 246 g/mol. The van der Waals surface area contributed by atoms with Gasteiger partial charge >= 0.3 is 0 Å². The van der Waals surface area contributed by atoms with E-state index in [0.29, 0.717) is 24.5 Å². The molecule has 0 heterocycles. The number of ether oxygens (including phenoxy) is 2. The molecule has 106 valence electrons. The highest BCUT2D eigenvalue weighted by Gasteiger charge is 2.16. The zero-order chi connectivity index (χ0) is 14.3. The molecule has 0 bridgehead atoms. The van der Waals surface area contributed by atoms with E-state index in [2.05, 4.69) is 5.32 Å². The van der Waals surface area contributed by atoms with Crippen molar-refractivity contribution in [2.75, 3.05) is 20.3 Å². The highest BCUT2D eigenvalue weighted by atomic mass is 16.5. The second-order valence-corrected chi connectivity index (χ2v) is 4.26. The summed E-state index contributed by atoms with van der Waals surface area (Å²) < 4.78 is 10.4. The van der Waals surface area contributed by atoms with Crippen molar-refractivity contribution in [2.45, 2.75) is 26.1 Å². The van der Waals surface area contributed by atoms with Crippen LogP contribution in [0.1, 0.15) is 25.5 Å². The Morgan fingerprint density at radius 3 is 2.68 bits per heavy atom. The molecule has 0 aliphatic rings. The lowest BCUT2D eigenvalue weighted by Gasteiger charge is -2.18. The molecule has 0 spiro atoms. The van der Waals surface area contributed by atoms with Gasteiger partial charge in [-0.3, -0.25) is 4.79 Å². The van der Waals surface area contributed by atoms with Gasteiger partial charge in [0.15, 0.2) is 6.10 Å². The summed E-state index contributed by atoms with van der Waals surface area (Å²) in [5, 5.41) is 12.3. The quantitative estimate of drug-likeness (QED) is 0.730. The molecule has 1 aromatic rings. The predicted octanol–water partition coefficient (Wildman–Crippen LogP) is 1.27. The highest BCUT2D eigenvalue weighted by molar-refractivity contribution is 5.80. The fourth-order valence-corrected chi connectivity index (χ4v) is 1.60. The topological polar surface area (TPSA) is 67.8 Å². The Labute approximate surface area is 113 Å². The van der Waals surface area contributed by atoms with Crippen molar-refractivity contribution in [3.05, 3.63) is 29.8 Å². The minimum atomic E-state index is -0.639. The van der Waals surface area contributed by atoms with Gasteiger partial charge in [-0.1, -0.05) is 18.2 Å². The van der Waals surface area contributed by atoms with Crippen LogP contribution in [0, 0.1) is 0 Å². The maximum Gasteiger partial charge on any atom is 0.260 e. The normalized spacial score (nSPS) is 13.7. The summed E-state index contributed by atoms with van der Waals surface area (Å²) in [6.45, 7) is 4.23. The van der Waals surface area contributed by atoms with Gasteiger partial charge in [-0.15, -0.1) is 0 Å². The molecule has 0 aliphatic carbocycles. The molecule has 2 N–H and O–H groups in total. The number of hydrogen-bond donors (Lipinski definition) is 2. The molecule has 5 heteroatoms. The van der Waals surface area contributed by atoms with E-state index < -0.39 is 12.2 Å². The molecule has 0 radical (unpaired) electrons. The largest absolute Gasteiger partial charge is 0.481 e. The van der Waals surface area contributed by atoms with Gasteiger partial charge in [-0.25, -0.2) is 0 Å². The van der Waals surface area contributed by atoms with Gasteiger partial charge in [0.25, 0.3) is 5.91 Å². The number of aliphatic hydroxyl groups excluding tert-OH is 1. The van der Waals surface area contributed by atoms with Crippen molar-refractivity contribution in [1.82, 2.24) is 5.32 Å². The first-order valence-electron chi connectivity index (χ1n) is 6.26. The Balaban J connectivity index is 2.61. The fraction of sp³-hybridized carbons (Fsp3) is 0.500. The monoisotopic (exact) mass is 267 g/mol. The van der Waals surface area contributed by atoms with Gasteiger partial charge in [0, 0.05) is 19.2 Å². The molecule has 2 atom stereocenters. The first kappa shape index (κ1) is 15.5. The highest BCUT2D eigenvalue weighted by Crippen LogP contribution is 2.25. The van der Waals surface area contributed by atoms with E-state index in [1.807, 2.05) is 6.07 Å². The van der Waals surface area contributed by atoms with E-state index in [1.54, 1.807) is 39.2 Å². The van der Waals surface area contributed by atoms with Crippen LogP contribution in [-0.4, -0.2) is 37.4 Å². The average Bonchev–Trinajstić information content (AvgIpc) is 2.39. The number of benzene rings is 1. The van der Waals surface area contributed by atoms with E-state index in [9.17, 15) is 9.90 Å². The molecule has 1 unspecified atom stereocenters. The van der Waals surface area contributed by atoms with Gasteiger partial charge in [0.2, 0.25) is 0 Å². The first-order chi connectivity index (χ1) is 9.06. The van der Waals surface area contributed by atoms with Crippen molar-refractivity contribution in [2.24, 2.45) is 0 Å². The number of carbonyl (C=O) groups is 1. The number of rotatable bonds is 7. The van der Waals surface area contributed by atoms with Crippen molar-refractivity contribution in [3.8, 4) is 5.75 Å². The molecule has 0 aromatic heterocycles. The Hall–Kier alpha value is -1.59. The third-order valence-electron chi connectivity index (χ3n) is 2.65. The maximum atomic E-state index is 11.7. The predicted molar refractivity (Wildman–Crippen MR) is 72.1 cm³/mol. The zero-order valence-electron chi connectivity index (χ0n) is 11.6. The van der Waals surface area contributed by atoms with E-state index in [1.165, 1.54) is 0 Å². The first-order valence-corrected chi connectivity index (χ1v) is 6.26. The molecule has 1 aromatic carbocycles. The molecule has 0 saturated heterocycles. The number of para-hydroxylation sites is 1. The Morgan fingerprint density at radius 2 is 2.05 bits per heavy atom. The number of methoxy groups -OCH3 is 1. The average molecular weight is 267 g/mol. The van der Waals surface area contributed by atoms with Crippen LogP contribution in [0.2, 0.25) is 0 Å². The van der Waals surface area contributed by atoms with Crippen LogP contribution in [-0.2, 0) is 9.53 Å². The smallest absolute Gasteiger partial charge is 0.260 e. The van der Waals surface area contributed by atoms with Crippen LogP contribution in [0.3, 0.4) is 0 Å². The van der Waals surface area contributed by atoms with Crippen molar-refractivity contribution in [1.29, 1.82) is 0 Å². The summed E-state index contributed by atoms with van der Waals surface area (Å²) in [6.07, 6.45) is -1.27. The van der Waals surface area contributed by atoms with Crippen molar-refractivity contribution >= 4 is 5.91 Å². The molecule has 1 amide bonds. The maximum absolute atomic E-state index is 11.7. The van der Waals surface area contributed by atoms with E-state index in [0.717, 1.165) is 0 Å². The van der Waals surface area contributed by atoms with Gasteiger partial charge in [0.05, 0.1) is 12.7 Å². The van der Waals surface area contributed by atoms with Crippen molar-refractivity contribution in [3.63, 3.8) is 0 Å². The summed E-state index contributed by atoms with van der Waals surface area (Å²) in [5.74, 6) is 0.310. The summed E-state index contributed by atoms with van der Waals surface area (Å²) in [4.78, 5) is 11.7. The van der Waals surface area contributed by atoms with Crippen LogP contribution in [0.5, 0.6) is 5.75 Å². The van der Waals surface area contributed by atoms with E-state index in [-0.39, 0.29) is 5.91 Å². The summed E-state index contributed by atoms with van der Waals surface area (Å²) >= 11 is 0. The molecule has 0 fully saturated rings. The van der Waals surface area contributed by atoms with Gasteiger partial charge in [0.1, 0.15) is 5.75 Å². The second-order valence-electron chi connectivity index (χ2n) is 4.26. The number of aliphatic hydroxyl groups is 1. The van der Waals surface area contributed by atoms with Crippen LogP contribution < -0.4 is 10.1 Å². The standard InChI is InChI=1S/C14H21NO4/c1-10(16)12-6-4-5-7-13(12)19-11(2)14(17)15-8-9-18-3/h4-7,10-11,16H,8-9H2,1-3H3,(H,15,17)/t10-,11?/m0/s1. The number of hydrogen-bond acceptors (Lipinski definition) is 4. The minimum absolute atomic E-state index is 0.211. The summed E-state index contributed by atoms with van der Waals surface area (Å²) in [7, 11) is 1.57. The minimum Gasteiger partial charge on any atom is -0.481 e. The Kier molecular flexibility index (Phi) is 6.32. The Bertz CT molecular complexity index is 406. The van der Waals surface area contributed by atoms with E-state index >= 15 is 0 Å². The molecule has 5 nitrogen and oxygen atoms in total. The summed E-state index contributed by atoms with van der Waals surface area (Å²) in [5.41, 5.74) is 0.666. The molecular formula is C14H21NO4. The van der Waals surface area contributed by atoms with Crippen LogP contribution >= 0.6 is 0 Å². The second kappa shape index (κ2) is 7.76. The van der Waals surface area contributed by atoms with Gasteiger partial charge in [-0.2, -0.15) is 0 Å². The van der Waals surface area contributed by atoms with E-state index in [4.69, 9.17) is 9.47 Å². The van der Waals surface area contributed by atoms with Crippen LogP contribution in [0.4, 0.5) is 0 Å². The van der Waals surface area contributed by atoms with Gasteiger partial charge in [-0.05, 0) is 19.9 Å². The lowest BCUT2D eigenvalue weighted by atomic mass is 10.1. The Morgan fingerprint density at radius 1 is 1.37 bits per heavy atom. The third-order valence-corrected chi connectivity index (χ3v) is 2.65. The SMILES string of the molecule is COCCNC(=O)C(C)Oc1ccccc1[C@H](C)O. The van der Waals surface area contributed by atoms with Gasteiger partial charge < -0.3 is 19.9 Å². The number of carbonyl (C=O) groups excluding carboxylic acids is 1. The van der Waals surface area contributed by atoms with Crippen LogP contribution in [0.25, 0.3) is 0 Å². The molecule has 0 aliphatic heterocycles. The molecule has 19 heavy (non-hydrogen) atoms. The number of amides is 1. The summed E-state index contributed by atoms with van der Waals surface area (Å²) in [6, 6.07) is 7.13. The molecule has 1 rings (SSSR count). The lowest BCUT2D eigenvalue weighted by molar-refractivity contribution is -0.127. The number of nitrogens with one attached hydrogen (secondary N) is 1. The van der Waals surface area contributed by atoms with Crippen LogP contribution in [0.15, 0.2) is 24.3 Å². The molecule has 0 saturated carbocycles. The fourth-order valence-electron chi connectivity index (χ4n) is 1.60. The lowest BCUT2D eigenvalue weighted by Crippen LogP contribution is -2.38. The third kappa shape index (κ3) is 4.89. The van der Waals surface area contributed by atoms with Crippen molar-refractivity contribution < 1.29 is 19.4 Å². The zero-order valence-corrected chi connectivity index (χ0v) is 11.6.